The van der Waals surface area contributed by atoms with Crippen molar-refractivity contribution in [1.29, 1.82) is 0 Å². The molecule has 2 rings (SSSR count). The lowest BCUT2D eigenvalue weighted by molar-refractivity contribution is -0.619. The number of aromatic nitrogens is 1. The van der Waals surface area contributed by atoms with E-state index in [0.717, 1.165) is 17.8 Å². The van der Waals surface area contributed by atoms with Gasteiger partial charge in [0.05, 0.1) is 13.2 Å². The van der Waals surface area contributed by atoms with E-state index in [1.54, 1.807) is 18.2 Å². The number of hydrogen-bond acceptors (Lipinski definition) is 4. The minimum Gasteiger partial charge on any atom is -0.618 e. The molecule has 0 amide bonds. The molecular formula is C12H18N2O3. The van der Waals surface area contributed by atoms with Gasteiger partial charge in [0.2, 0.25) is 5.69 Å². The van der Waals surface area contributed by atoms with Crippen molar-refractivity contribution in [3.8, 4) is 0 Å². The lowest BCUT2D eigenvalue weighted by Gasteiger charge is -2.34. The second kappa shape index (κ2) is 5.44. The van der Waals surface area contributed by atoms with Crippen molar-refractivity contribution >= 4 is 0 Å². The number of aliphatic hydroxyl groups excluding tert-OH is 1. The van der Waals surface area contributed by atoms with Crippen molar-refractivity contribution < 1.29 is 14.6 Å². The molecule has 0 aliphatic carbocycles. The summed E-state index contributed by atoms with van der Waals surface area (Å²) in [7, 11) is 0. The van der Waals surface area contributed by atoms with Crippen LogP contribution >= 0.6 is 0 Å². The topological polar surface area (TPSA) is 59.6 Å². The van der Waals surface area contributed by atoms with Crippen LogP contribution in [0.4, 0.5) is 0 Å². The normalized spacial score (nSPS) is 21.1. The van der Waals surface area contributed by atoms with E-state index < -0.39 is 6.10 Å². The van der Waals surface area contributed by atoms with Crippen LogP contribution < -0.4 is 4.73 Å². The Kier molecular flexibility index (Phi) is 3.93. The van der Waals surface area contributed by atoms with Gasteiger partial charge in [-0.15, -0.1) is 0 Å². The maximum Gasteiger partial charge on any atom is 0.222 e. The number of ether oxygens (including phenoxy) is 1. The number of rotatable bonds is 3. The molecule has 0 radical (unpaired) electrons. The summed E-state index contributed by atoms with van der Waals surface area (Å²) in [5, 5.41) is 21.8. The minimum atomic E-state index is -0.771. The molecule has 5 heteroatoms. The number of morpholine rings is 1. The third kappa shape index (κ3) is 2.74. The number of aliphatic hydroxyl groups is 1. The summed E-state index contributed by atoms with van der Waals surface area (Å²) in [4.78, 5) is 2.14. The fourth-order valence-corrected chi connectivity index (χ4v) is 2.10. The molecule has 94 valence electrons. The lowest BCUT2D eigenvalue weighted by Crippen LogP contribution is -2.47. The van der Waals surface area contributed by atoms with Gasteiger partial charge in [-0.25, -0.2) is 0 Å². The molecule has 1 aliphatic rings. The minimum absolute atomic E-state index is 0.0819. The first-order valence-electron chi connectivity index (χ1n) is 5.88. The molecule has 0 bridgehead atoms. The van der Waals surface area contributed by atoms with Crippen molar-refractivity contribution in [3.63, 3.8) is 0 Å². The quantitative estimate of drug-likeness (QED) is 0.598. The summed E-state index contributed by atoms with van der Waals surface area (Å²) < 4.78 is 5.99. The molecule has 0 aromatic carbocycles. The molecular weight excluding hydrogens is 220 g/mol. The first kappa shape index (κ1) is 12.3. The summed E-state index contributed by atoms with van der Waals surface area (Å²) in [5.74, 6) is 0. The van der Waals surface area contributed by atoms with Gasteiger partial charge in [-0.05, 0) is 13.0 Å². The maximum atomic E-state index is 11.6. The molecule has 0 saturated carbocycles. The van der Waals surface area contributed by atoms with E-state index in [9.17, 15) is 10.3 Å². The van der Waals surface area contributed by atoms with E-state index in [1.165, 1.54) is 6.20 Å². The third-order valence-electron chi connectivity index (χ3n) is 3.24. The standard InChI is InChI=1S/C12H18N2O3/c1-10(13-6-8-17-9-7-13)12(15)11-4-2-3-5-14(11)16/h2-5,10,12,15H,6-9H2,1H3/t10-,12-/m1/s1. The Hall–Kier alpha value is -1.17. The van der Waals surface area contributed by atoms with E-state index in [1.807, 2.05) is 6.92 Å². The molecule has 1 aromatic rings. The number of nitrogens with zero attached hydrogens (tertiary/aromatic N) is 2. The highest BCUT2D eigenvalue weighted by Gasteiger charge is 2.28. The number of pyridine rings is 1. The zero-order valence-electron chi connectivity index (χ0n) is 9.95. The summed E-state index contributed by atoms with van der Waals surface area (Å²) >= 11 is 0. The van der Waals surface area contributed by atoms with Crippen LogP contribution in [0.3, 0.4) is 0 Å². The van der Waals surface area contributed by atoms with E-state index in [4.69, 9.17) is 4.74 Å². The van der Waals surface area contributed by atoms with Gasteiger partial charge in [0.1, 0.15) is 0 Å². The molecule has 17 heavy (non-hydrogen) atoms. The average molecular weight is 238 g/mol. The summed E-state index contributed by atoms with van der Waals surface area (Å²) in [6.07, 6.45) is 0.636. The highest BCUT2D eigenvalue weighted by atomic mass is 16.5. The molecule has 2 atom stereocenters. The van der Waals surface area contributed by atoms with Crippen molar-refractivity contribution in [2.75, 3.05) is 26.3 Å². The van der Waals surface area contributed by atoms with Crippen molar-refractivity contribution in [3.05, 3.63) is 35.3 Å². The Morgan fingerprint density at radius 2 is 2.12 bits per heavy atom. The second-order valence-electron chi connectivity index (χ2n) is 4.29. The Morgan fingerprint density at radius 1 is 1.41 bits per heavy atom. The molecule has 1 aromatic heterocycles. The molecule has 1 saturated heterocycles. The zero-order valence-corrected chi connectivity index (χ0v) is 9.95. The van der Waals surface area contributed by atoms with Gasteiger partial charge >= 0.3 is 0 Å². The van der Waals surface area contributed by atoms with Crippen LogP contribution in [0.15, 0.2) is 24.4 Å². The Morgan fingerprint density at radius 3 is 2.76 bits per heavy atom. The zero-order chi connectivity index (χ0) is 12.3. The average Bonchev–Trinajstić information content (AvgIpc) is 2.39. The van der Waals surface area contributed by atoms with E-state index in [0.29, 0.717) is 18.9 Å². The summed E-state index contributed by atoms with van der Waals surface area (Å²) in [5.41, 5.74) is 0.395. The highest BCUT2D eigenvalue weighted by molar-refractivity contribution is 5.03. The van der Waals surface area contributed by atoms with E-state index in [-0.39, 0.29) is 6.04 Å². The van der Waals surface area contributed by atoms with E-state index >= 15 is 0 Å². The smallest absolute Gasteiger partial charge is 0.222 e. The van der Waals surface area contributed by atoms with E-state index in [2.05, 4.69) is 4.90 Å². The Labute approximate surface area is 101 Å². The van der Waals surface area contributed by atoms with Gasteiger partial charge < -0.3 is 15.1 Å². The monoisotopic (exact) mass is 238 g/mol. The maximum absolute atomic E-state index is 11.6. The first-order chi connectivity index (χ1) is 8.20. The van der Waals surface area contributed by atoms with Crippen LogP contribution in [0, 0.1) is 5.21 Å². The Bertz CT molecular complexity index is 367. The first-order valence-corrected chi connectivity index (χ1v) is 5.88. The van der Waals surface area contributed by atoms with Crippen molar-refractivity contribution in [1.82, 2.24) is 4.90 Å². The van der Waals surface area contributed by atoms with Crippen LogP contribution in [0.25, 0.3) is 0 Å². The second-order valence-corrected chi connectivity index (χ2v) is 4.29. The largest absolute Gasteiger partial charge is 0.618 e. The number of hydrogen-bond donors (Lipinski definition) is 1. The predicted molar refractivity (Wildman–Crippen MR) is 62.2 cm³/mol. The van der Waals surface area contributed by atoms with Crippen molar-refractivity contribution in [2.45, 2.75) is 19.1 Å². The molecule has 1 fully saturated rings. The van der Waals surface area contributed by atoms with Gasteiger partial charge in [-0.3, -0.25) is 4.90 Å². The van der Waals surface area contributed by atoms with Gasteiger partial charge in [0.15, 0.2) is 12.3 Å². The van der Waals surface area contributed by atoms with Crippen LogP contribution in [0.5, 0.6) is 0 Å². The van der Waals surface area contributed by atoms with Crippen LogP contribution in [-0.4, -0.2) is 42.4 Å². The van der Waals surface area contributed by atoms with Crippen LogP contribution in [0.1, 0.15) is 18.7 Å². The van der Waals surface area contributed by atoms with Gasteiger partial charge in [-0.1, -0.05) is 0 Å². The molecule has 5 nitrogen and oxygen atoms in total. The molecule has 0 unspecified atom stereocenters. The SMILES string of the molecule is C[C@H]([C@@H](O)c1cccc[n+]1[O-])N1CCOCC1. The predicted octanol–water partition coefficient (Wildman–Crippen LogP) is 0.0741. The fourth-order valence-electron chi connectivity index (χ4n) is 2.10. The van der Waals surface area contributed by atoms with Gasteiger partial charge in [0.25, 0.3) is 0 Å². The van der Waals surface area contributed by atoms with Gasteiger partial charge in [-0.2, -0.15) is 4.73 Å². The van der Waals surface area contributed by atoms with Crippen molar-refractivity contribution in [2.24, 2.45) is 0 Å². The lowest BCUT2D eigenvalue weighted by atomic mass is 10.1. The molecule has 2 heterocycles. The summed E-state index contributed by atoms with van der Waals surface area (Å²) in [6, 6.07) is 5.00. The van der Waals surface area contributed by atoms with Gasteiger partial charge in [0, 0.05) is 31.3 Å². The fraction of sp³-hybridized carbons (Fsp3) is 0.583. The van der Waals surface area contributed by atoms with Crippen LogP contribution in [-0.2, 0) is 4.74 Å². The molecule has 1 N–H and O–H groups in total. The van der Waals surface area contributed by atoms with Crippen LogP contribution in [0.2, 0.25) is 0 Å². The molecule has 1 aliphatic heterocycles. The highest BCUT2D eigenvalue weighted by Crippen LogP contribution is 2.18. The summed E-state index contributed by atoms with van der Waals surface area (Å²) in [6.45, 7) is 4.89. The Balaban J connectivity index is 2.08. The third-order valence-corrected chi connectivity index (χ3v) is 3.24. The molecule has 0 spiro atoms.